The first kappa shape index (κ1) is 16.6. The Hall–Kier alpha value is -0.770. The minimum Gasteiger partial charge on any atom is -0.450 e. The average molecular weight is 296 g/mol. The lowest BCUT2D eigenvalue weighted by Crippen LogP contribution is -2.57. The zero-order valence-corrected chi connectivity index (χ0v) is 14.1. The second-order valence-electron chi connectivity index (χ2n) is 7.41. The maximum atomic E-state index is 11.2. The van der Waals surface area contributed by atoms with E-state index >= 15 is 0 Å². The first-order chi connectivity index (χ1) is 9.91. The summed E-state index contributed by atoms with van der Waals surface area (Å²) in [7, 11) is 0. The second kappa shape index (κ2) is 6.55. The summed E-state index contributed by atoms with van der Waals surface area (Å²) in [5.74, 6) is 1.74. The molecule has 0 aromatic rings. The van der Waals surface area contributed by atoms with Gasteiger partial charge in [0, 0.05) is 12.1 Å². The van der Waals surface area contributed by atoms with Crippen LogP contribution in [0.4, 0.5) is 4.79 Å². The van der Waals surface area contributed by atoms with Gasteiger partial charge in [0.2, 0.25) is 0 Å². The molecule has 0 aromatic heterocycles. The van der Waals surface area contributed by atoms with Crippen LogP contribution in [0.15, 0.2) is 0 Å². The van der Waals surface area contributed by atoms with Crippen LogP contribution in [-0.4, -0.2) is 31.3 Å². The van der Waals surface area contributed by atoms with E-state index in [1.54, 1.807) is 0 Å². The number of alkyl carbamates (subject to hydrolysis) is 1. The summed E-state index contributed by atoms with van der Waals surface area (Å²) in [5, 5.41) is 6.62. The van der Waals surface area contributed by atoms with Gasteiger partial charge in [-0.3, -0.25) is 0 Å². The number of nitrogens with one attached hydrogen (secondary N) is 2. The van der Waals surface area contributed by atoms with E-state index in [1.807, 2.05) is 6.92 Å². The molecule has 0 saturated heterocycles. The number of ether oxygens (including phenoxy) is 1. The Morgan fingerprint density at radius 1 is 1.14 bits per heavy atom. The van der Waals surface area contributed by atoms with Crippen molar-refractivity contribution in [2.45, 2.75) is 65.3 Å². The molecule has 2 fully saturated rings. The summed E-state index contributed by atoms with van der Waals surface area (Å²) in [6.45, 7) is 11.3. The van der Waals surface area contributed by atoms with Crippen LogP contribution in [0.3, 0.4) is 0 Å². The van der Waals surface area contributed by atoms with Crippen molar-refractivity contribution in [1.82, 2.24) is 10.6 Å². The normalized spacial score (nSPS) is 33.1. The molecule has 0 aliphatic heterocycles. The van der Waals surface area contributed by atoms with Crippen LogP contribution in [0.25, 0.3) is 0 Å². The highest BCUT2D eigenvalue weighted by Crippen LogP contribution is 2.61. The molecule has 0 aromatic carbocycles. The van der Waals surface area contributed by atoms with Crippen molar-refractivity contribution in [1.29, 1.82) is 0 Å². The number of hydrogen-bond donors (Lipinski definition) is 2. The zero-order valence-electron chi connectivity index (χ0n) is 14.1. The maximum Gasteiger partial charge on any atom is 0.407 e. The zero-order chi connectivity index (χ0) is 15.5. The molecule has 3 atom stereocenters. The fraction of sp³-hybridized carbons (Fsp3) is 0.941. The lowest BCUT2D eigenvalue weighted by Gasteiger charge is -2.48. The quantitative estimate of drug-likeness (QED) is 0.709. The molecule has 0 radical (unpaired) electrons. The summed E-state index contributed by atoms with van der Waals surface area (Å²) in [4.78, 5) is 11.2. The standard InChI is InChI=1S/C17H32N2O2/c1-5-21-15(20)18-10-6-7-11-19-17(4)14-9-8-13(12-14)16(17,2)3/h13-14,19H,5-12H2,1-4H3,(H,18,20)/t13-,14-,17-/m0/s1. The van der Waals surface area contributed by atoms with Crippen LogP contribution >= 0.6 is 0 Å². The molecule has 2 rings (SSSR count). The number of rotatable bonds is 7. The summed E-state index contributed by atoms with van der Waals surface area (Å²) < 4.78 is 4.84. The highest BCUT2D eigenvalue weighted by Gasteiger charge is 2.59. The van der Waals surface area contributed by atoms with Gasteiger partial charge < -0.3 is 15.4 Å². The topological polar surface area (TPSA) is 50.4 Å². The number of fused-ring (bicyclic) bond motifs is 2. The second-order valence-corrected chi connectivity index (χ2v) is 7.41. The predicted octanol–water partition coefficient (Wildman–Crippen LogP) is 3.32. The number of carbonyl (C=O) groups excluding carboxylic acids is 1. The van der Waals surface area contributed by atoms with E-state index in [-0.39, 0.29) is 11.6 Å². The molecule has 2 N–H and O–H groups in total. The maximum absolute atomic E-state index is 11.2. The third kappa shape index (κ3) is 3.20. The monoisotopic (exact) mass is 296 g/mol. The molecule has 1 amide bonds. The Bertz CT molecular complexity index is 370. The molecular formula is C17H32N2O2. The van der Waals surface area contributed by atoms with Gasteiger partial charge in [0.05, 0.1) is 6.61 Å². The highest BCUT2D eigenvalue weighted by atomic mass is 16.5. The molecule has 4 heteroatoms. The largest absolute Gasteiger partial charge is 0.450 e. The Balaban J connectivity index is 1.66. The summed E-state index contributed by atoms with van der Waals surface area (Å²) >= 11 is 0. The fourth-order valence-corrected chi connectivity index (χ4v) is 4.45. The Labute approximate surface area is 129 Å². The summed E-state index contributed by atoms with van der Waals surface area (Å²) in [6.07, 6.45) is 6.00. The molecule has 2 bridgehead atoms. The summed E-state index contributed by atoms with van der Waals surface area (Å²) in [6, 6.07) is 0. The van der Waals surface area contributed by atoms with Gasteiger partial charge >= 0.3 is 6.09 Å². The minimum absolute atomic E-state index is 0.282. The van der Waals surface area contributed by atoms with Gasteiger partial charge in [0.1, 0.15) is 0 Å². The summed E-state index contributed by atoms with van der Waals surface area (Å²) in [5.41, 5.74) is 0.684. The Morgan fingerprint density at radius 3 is 2.43 bits per heavy atom. The molecule has 21 heavy (non-hydrogen) atoms. The van der Waals surface area contributed by atoms with Crippen molar-refractivity contribution >= 4 is 6.09 Å². The van der Waals surface area contributed by atoms with Crippen molar-refractivity contribution in [2.24, 2.45) is 17.3 Å². The number of hydrogen-bond acceptors (Lipinski definition) is 3. The van der Waals surface area contributed by atoms with E-state index in [9.17, 15) is 4.79 Å². The van der Waals surface area contributed by atoms with Crippen molar-refractivity contribution in [3.05, 3.63) is 0 Å². The minimum atomic E-state index is -0.299. The van der Waals surface area contributed by atoms with Crippen molar-refractivity contribution in [3.63, 3.8) is 0 Å². The van der Waals surface area contributed by atoms with Gasteiger partial charge in [-0.1, -0.05) is 13.8 Å². The molecule has 0 spiro atoms. The van der Waals surface area contributed by atoms with Crippen LogP contribution in [0.2, 0.25) is 0 Å². The van der Waals surface area contributed by atoms with Crippen LogP contribution in [0.1, 0.15) is 59.8 Å². The number of amides is 1. The van der Waals surface area contributed by atoms with E-state index < -0.39 is 0 Å². The smallest absolute Gasteiger partial charge is 0.407 e. The van der Waals surface area contributed by atoms with Gasteiger partial charge in [-0.2, -0.15) is 0 Å². The lowest BCUT2D eigenvalue weighted by molar-refractivity contribution is 0.0659. The van der Waals surface area contributed by atoms with Crippen molar-refractivity contribution in [3.8, 4) is 0 Å². The third-order valence-corrected chi connectivity index (χ3v) is 6.25. The number of carbonyl (C=O) groups is 1. The van der Waals surface area contributed by atoms with E-state index in [0.717, 1.165) is 31.2 Å². The van der Waals surface area contributed by atoms with Crippen molar-refractivity contribution < 1.29 is 9.53 Å². The first-order valence-electron chi connectivity index (χ1n) is 8.57. The third-order valence-electron chi connectivity index (χ3n) is 6.25. The molecule has 4 nitrogen and oxygen atoms in total. The molecule has 2 aliphatic carbocycles. The van der Waals surface area contributed by atoms with E-state index in [0.29, 0.717) is 18.6 Å². The van der Waals surface area contributed by atoms with Crippen LogP contribution < -0.4 is 10.6 Å². The molecule has 0 unspecified atom stereocenters. The van der Waals surface area contributed by atoms with Gasteiger partial charge in [0.25, 0.3) is 0 Å². The van der Waals surface area contributed by atoms with Gasteiger partial charge in [-0.05, 0) is 69.7 Å². The lowest BCUT2D eigenvalue weighted by atomic mass is 9.64. The molecular weight excluding hydrogens is 264 g/mol. The van der Waals surface area contributed by atoms with Crippen LogP contribution in [0, 0.1) is 17.3 Å². The fourth-order valence-electron chi connectivity index (χ4n) is 4.45. The van der Waals surface area contributed by atoms with Crippen LogP contribution in [0.5, 0.6) is 0 Å². The van der Waals surface area contributed by atoms with E-state index in [1.165, 1.54) is 19.3 Å². The van der Waals surface area contributed by atoms with Gasteiger partial charge in [-0.15, -0.1) is 0 Å². The van der Waals surface area contributed by atoms with Crippen LogP contribution in [-0.2, 0) is 4.74 Å². The number of unbranched alkanes of at least 4 members (excludes halogenated alkanes) is 1. The van der Waals surface area contributed by atoms with Crippen molar-refractivity contribution in [2.75, 3.05) is 19.7 Å². The van der Waals surface area contributed by atoms with E-state index in [4.69, 9.17) is 4.74 Å². The Morgan fingerprint density at radius 2 is 1.81 bits per heavy atom. The highest BCUT2D eigenvalue weighted by molar-refractivity contribution is 5.66. The Kier molecular flexibility index (Phi) is 5.18. The molecule has 0 heterocycles. The average Bonchev–Trinajstić information content (AvgIpc) is 2.98. The first-order valence-corrected chi connectivity index (χ1v) is 8.57. The van der Waals surface area contributed by atoms with Gasteiger partial charge in [-0.25, -0.2) is 4.79 Å². The predicted molar refractivity (Wildman–Crippen MR) is 85.3 cm³/mol. The molecule has 2 saturated carbocycles. The van der Waals surface area contributed by atoms with Gasteiger partial charge in [0.15, 0.2) is 0 Å². The molecule has 122 valence electrons. The molecule has 2 aliphatic rings. The van der Waals surface area contributed by atoms with E-state index in [2.05, 4.69) is 31.4 Å². The SMILES string of the molecule is CCOC(=O)NCCCCN[C@@]1(C)[C@H]2CC[C@@H](C2)C1(C)C.